The van der Waals surface area contributed by atoms with E-state index in [0.29, 0.717) is 5.56 Å². The highest BCUT2D eigenvalue weighted by molar-refractivity contribution is 6.30. The first-order chi connectivity index (χ1) is 6.09. The quantitative estimate of drug-likeness (QED) is 0.745. The zero-order valence-corrected chi connectivity index (χ0v) is 7.25. The number of carbonyl (C=O) groups is 1. The molecule has 0 radical (unpaired) electrons. The Morgan fingerprint density at radius 2 is 2.23 bits per heavy atom. The van der Waals surface area contributed by atoms with E-state index in [2.05, 4.69) is 0 Å². The fourth-order valence-electron chi connectivity index (χ4n) is 0.784. The molecule has 1 aromatic rings. The van der Waals surface area contributed by atoms with E-state index in [1.807, 2.05) is 0 Å². The summed E-state index contributed by atoms with van der Waals surface area (Å²) in [5.41, 5.74) is 0.462. The van der Waals surface area contributed by atoms with Gasteiger partial charge in [-0.05, 0) is 23.8 Å². The van der Waals surface area contributed by atoms with Crippen molar-refractivity contribution in [1.82, 2.24) is 0 Å². The van der Waals surface area contributed by atoms with Crippen LogP contribution in [-0.2, 0) is 4.79 Å². The Bertz CT molecular complexity index is 361. The first-order valence-electron chi connectivity index (χ1n) is 3.45. The molecule has 0 saturated heterocycles. The maximum Gasteiger partial charge on any atom is 0.328 e. The maximum atomic E-state index is 12.8. The third kappa shape index (κ3) is 2.87. The molecule has 0 amide bonds. The highest BCUT2D eigenvalue weighted by atomic mass is 35.5. The largest absolute Gasteiger partial charge is 0.478 e. The van der Waals surface area contributed by atoms with Gasteiger partial charge < -0.3 is 5.11 Å². The molecule has 0 heterocycles. The standard InChI is InChI=1S/C9H6ClFO2/c10-7-3-1-6(5-8(7)11)2-4-9(12)13/h1-5H,(H,12,13)/b4-2-. The Balaban J connectivity index is 2.92. The fourth-order valence-corrected chi connectivity index (χ4v) is 0.901. The minimum atomic E-state index is -1.07. The number of rotatable bonds is 2. The molecular weight excluding hydrogens is 195 g/mol. The molecule has 1 rings (SSSR count). The van der Waals surface area contributed by atoms with E-state index in [1.165, 1.54) is 24.3 Å². The summed E-state index contributed by atoms with van der Waals surface area (Å²) in [5, 5.41) is 8.31. The Morgan fingerprint density at radius 3 is 2.77 bits per heavy atom. The van der Waals surface area contributed by atoms with Gasteiger partial charge in [-0.3, -0.25) is 0 Å². The predicted molar refractivity (Wildman–Crippen MR) is 48.1 cm³/mol. The van der Waals surface area contributed by atoms with Crippen molar-refractivity contribution in [3.8, 4) is 0 Å². The molecule has 2 nitrogen and oxygen atoms in total. The number of hydrogen-bond acceptors (Lipinski definition) is 1. The summed E-state index contributed by atoms with van der Waals surface area (Å²) in [6.07, 6.45) is 2.23. The minimum Gasteiger partial charge on any atom is -0.478 e. The van der Waals surface area contributed by atoms with Crippen LogP contribution < -0.4 is 0 Å². The molecule has 0 unspecified atom stereocenters. The molecule has 0 aliphatic rings. The Hall–Kier alpha value is -1.35. The van der Waals surface area contributed by atoms with Gasteiger partial charge >= 0.3 is 5.97 Å². The van der Waals surface area contributed by atoms with Crippen molar-refractivity contribution in [2.24, 2.45) is 0 Å². The summed E-state index contributed by atoms with van der Waals surface area (Å²) in [6, 6.07) is 4.07. The fraction of sp³-hybridized carbons (Fsp3) is 0. The second-order valence-electron chi connectivity index (χ2n) is 2.35. The lowest BCUT2D eigenvalue weighted by molar-refractivity contribution is -0.131. The van der Waals surface area contributed by atoms with E-state index >= 15 is 0 Å². The normalized spacial score (nSPS) is 10.6. The van der Waals surface area contributed by atoms with Gasteiger partial charge in [0.2, 0.25) is 0 Å². The van der Waals surface area contributed by atoms with Gasteiger partial charge in [-0.1, -0.05) is 17.7 Å². The zero-order chi connectivity index (χ0) is 9.84. The molecule has 4 heteroatoms. The van der Waals surface area contributed by atoms with Crippen molar-refractivity contribution in [2.75, 3.05) is 0 Å². The molecule has 0 fully saturated rings. The molecule has 0 bridgehead atoms. The molecule has 68 valence electrons. The van der Waals surface area contributed by atoms with Crippen LogP contribution in [0.3, 0.4) is 0 Å². The molecule has 1 aromatic carbocycles. The Labute approximate surface area is 79.3 Å². The summed E-state index contributed by atoms with van der Waals surface area (Å²) in [5.74, 6) is -1.63. The van der Waals surface area contributed by atoms with Crippen molar-refractivity contribution in [3.05, 3.63) is 40.7 Å². The lowest BCUT2D eigenvalue weighted by Crippen LogP contribution is -1.86. The lowest BCUT2D eigenvalue weighted by atomic mass is 10.2. The molecular formula is C9H6ClFO2. The Kier molecular flexibility index (Phi) is 3.03. The summed E-state index contributed by atoms with van der Waals surface area (Å²) >= 11 is 5.43. The third-order valence-electron chi connectivity index (χ3n) is 1.36. The summed E-state index contributed by atoms with van der Waals surface area (Å²) < 4.78 is 12.8. The van der Waals surface area contributed by atoms with E-state index in [9.17, 15) is 9.18 Å². The van der Waals surface area contributed by atoms with Crippen LogP contribution in [0.4, 0.5) is 4.39 Å². The second kappa shape index (κ2) is 4.05. The average Bonchev–Trinajstić information content (AvgIpc) is 2.07. The Morgan fingerprint density at radius 1 is 1.54 bits per heavy atom. The smallest absolute Gasteiger partial charge is 0.328 e. The highest BCUT2D eigenvalue weighted by Crippen LogP contribution is 2.16. The van der Waals surface area contributed by atoms with Crippen molar-refractivity contribution >= 4 is 23.6 Å². The van der Waals surface area contributed by atoms with Crippen molar-refractivity contribution in [3.63, 3.8) is 0 Å². The minimum absolute atomic E-state index is 0.0208. The van der Waals surface area contributed by atoms with Gasteiger partial charge in [0.25, 0.3) is 0 Å². The van der Waals surface area contributed by atoms with Crippen molar-refractivity contribution in [2.45, 2.75) is 0 Å². The number of hydrogen-bond donors (Lipinski definition) is 1. The molecule has 0 atom stereocenters. The highest BCUT2D eigenvalue weighted by Gasteiger charge is 1.98. The van der Waals surface area contributed by atoms with Crippen LogP contribution in [-0.4, -0.2) is 11.1 Å². The molecule has 0 spiro atoms. The molecule has 1 N–H and O–H groups in total. The van der Waals surface area contributed by atoms with Crippen LogP contribution in [0.25, 0.3) is 6.08 Å². The number of aliphatic carboxylic acids is 1. The number of benzene rings is 1. The molecule has 0 saturated carbocycles. The predicted octanol–water partition coefficient (Wildman–Crippen LogP) is 2.58. The van der Waals surface area contributed by atoms with Gasteiger partial charge in [-0.15, -0.1) is 0 Å². The molecule has 0 aromatic heterocycles. The molecule has 0 aliphatic heterocycles. The average molecular weight is 201 g/mol. The van der Waals surface area contributed by atoms with E-state index in [-0.39, 0.29) is 5.02 Å². The van der Waals surface area contributed by atoms with Crippen LogP contribution in [0.5, 0.6) is 0 Å². The summed E-state index contributed by atoms with van der Waals surface area (Å²) in [4.78, 5) is 10.1. The van der Waals surface area contributed by atoms with Crippen LogP contribution in [0.2, 0.25) is 5.02 Å². The topological polar surface area (TPSA) is 37.3 Å². The van der Waals surface area contributed by atoms with E-state index < -0.39 is 11.8 Å². The third-order valence-corrected chi connectivity index (χ3v) is 1.67. The first-order valence-corrected chi connectivity index (χ1v) is 3.83. The van der Waals surface area contributed by atoms with Crippen LogP contribution >= 0.6 is 11.6 Å². The van der Waals surface area contributed by atoms with Crippen LogP contribution in [0, 0.1) is 5.82 Å². The van der Waals surface area contributed by atoms with E-state index in [4.69, 9.17) is 16.7 Å². The first kappa shape index (κ1) is 9.74. The molecule has 0 aliphatic carbocycles. The SMILES string of the molecule is O=C(O)/C=C\c1ccc(Cl)c(F)c1. The lowest BCUT2D eigenvalue weighted by Gasteiger charge is -1.95. The van der Waals surface area contributed by atoms with Gasteiger partial charge in [0, 0.05) is 6.08 Å². The summed E-state index contributed by atoms with van der Waals surface area (Å²) in [7, 11) is 0. The summed E-state index contributed by atoms with van der Waals surface area (Å²) in [6.45, 7) is 0. The van der Waals surface area contributed by atoms with E-state index in [0.717, 1.165) is 6.08 Å². The van der Waals surface area contributed by atoms with Gasteiger partial charge in [0.1, 0.15) is 5.82 Å². The van der Waals surface area contributed by atoms with Crippen molar-refractivity contribution in [1.29, 1.82) is 0 Å². The van der Waals surface area contributed by atoms with E-state index in [1.54, 1.807) is 0 Å². The molecule has 13 heavy (non-hydrogen) atoms. The van der Waals surface area contributed by atoms with Gasteiger partial charge in [0.05, 0.1) is 5.02 Å². The van der Waals surface area contributed by atoms with Gasteiger partial charge in [0.15, 0.2) is 0 Å². The number of carboxylic acids is 1. The van der Waals surface area contributed by atoms with Crippen LogP contribution in [0.1, 0.15) is 5.56 Å². The monoisotopic (exact) mass is 200 g/mol. The van der Waals surface area contributed by atoms with Gasteiger partial charge in [-0.25, -0.2) is 9.18 Å². The second-order valence-corrected chi connectivity index (χ2v) is 2.75. The van der Waals surface area contributed by atoms with Crippen LogP contribution in [0.15, 0.2) is 24.3 Å². The number of halogens is 2. The van der Waals surface area contributed by atoms with Gasteiger partial charge in [-0.2, -0.15) is 0 Å². The number of carboxylic acid groups (broad SMARTS) is 1. The maximum absolute atomic E-state index is 12.8. The zero-order valence-electron chi connectivity index (χ0n) is 6.50. The van der Waals surface area contributed by atoms with Crippen molar-refractivity contribution < 1.29 is 14.3 Å².